The first-order valence-corrected chi connectivity index (χ1v) is 9.96. The highest BCUT2D eigenvalue weighted by Crippen LogP contribution is 2.29. The molecule has 0 saturated carbocycles. The molecule has 0 aliphatic carbocycles. The van der Waals surface area contributed by atoms with Crippen LogP contribution < -0.4 is 10.2 Å². The second kappa shape index (κ2) is 7.63. The summed E-state index contributed by atoms with van der Waals surface area (Å²) in [5, 5.41) is 15.8. The number of carbonyl (C=O) groups is 1. The maximum absolute atomic E-state index is 14.0. The molecule has 0 bridgehead atoms. The summed E-state index contributed by atoms with van der Waals surface area (Å²) in [6.45, 7) is 3.11. The third kappa shape index (κ3) is 3.84. The van der Waals surface area contributed by atoms with Crippen molar-refractivity contribution in [1.82, 2.24) is 0 Å². The average Bonchev–Trinajstić information content (AvgIpc) is 3.18. The predicted octanol–water partition coefficient (Wildman–Crippen LogP) is 4.92. The maximum Gasteiger partial charge on any atom is 0.276 e. The minimum Gasteiger partial charge on any atom is -0.367 e. The van der Waals surface area contributed by atoms with Crippen LogP contribution in [-0.2, 0) is 13.0 Å². The Morgan fingerprint density at radius 2 is 2.00 bits per heavy atom. The van der Waals surface area contributed by atoms with Crippen LogP contribution in [0.3, 0.4) is 0 Å². The second-order valence-electron chi connectivity index (χ2n) is 6.90. The van der Waals surface area contributed by atoms with Gasteiger partial charge in [0.05, 0.1) is 10.5 Å². The molecule has 2 heterocycles. The van der Waals surface area contributed by atoms with Crippen LogP contribution in [0.4, 0.5) is 21.5 Å². The zero-order chi connectivity index (χ0) is 20.5. The Hall–Kier alpha value is -3.26. The van der Waals surface area contributed by atoms with E-state index in [2.05, 4.69) is 21.7 Å². The van der Waals surface area contributed by atoms with Gasteiger partial charge in [0.25, 0.3) is 11.6 Å². The molecule has 1 aromatic heterocycles. The highest BCUT2D eigenvalue weighted by Gasteiger charge is 2.20. The van der Waals surface area contributed by atoms with Crippen molar-refractivity contribution in [2.45, 2.75) is 19.9 Å². The number of nitro benzene ring substituents is 1. The smallest absolute Gasteiger partial charge is 0.276 e. The number of benzene rings is 2. The first-order valence-electron chi connectivity index (χ1n) is 9.08. The fourth-order valence-corrected chi connectivity index (χ4v) is 4.30. The number of carbonyl (C=O) groups excluding carboxylic acids is 1. The molecule has 4 rings (SSSR count). The van der Waals surface area contributed by atoms with Crippen LogP contribution in [0, 0.1) is 22.9 Å². The molecule has 2 aromatic carbocycles. The summed E-state index contributed by atoms with van der Waals surface area (Å²) in [4.78, 5) is 26.5. The van der Waals surface area contributed by atoms with E-state index in [-0.39, 0.29) is 11.1 Å². The normalized spacial score (nSPS) is 13.1. The highest BCUT2D eigenvalue weighted by atomic mass is 32.1. The monoisotopic (exact) mass is 411 g/mol. The number of nitrogens with zero attached hydrogens (tertiary/aromatic N) is 2. The molecule has 1 aliphatic heterocycles. The third-order valence-corrected chi connectivity index (χ3v) is 6.10. The van der Waals surface area contributed by atoms with Gasteiger partial charge < -0.3 is 10.2 Å². The molecular weight excluding hydrogens is 393 g/mol. The molecule has 0 saturated heterocycles. The number of thiophene rings is 1. The van der Waals surface area contributed by atoms with E-state index in [0.29, 0.717) is 5.69 Å². The standard InChI is InChI=1S/C21H18FN3O3S/c1-13-18(22)10-15(11-19(13)25(27)28)21(26)23-16-2-4-17(5-3-16)24-8-6-20-14(12-24)7-9-29-20/h2-5,7,9-11H,6,8,12H2,1H3,(H,23,26). The third-order valence-electron chi connectivity index (χ3n) is 5.07. The fourth-order valence-electron chi connectivity index (χ4n) is 3.41. The lowest BCUT2D eigenvalue weighted by molar-refractivity contribution is -0.385. The molecule has 29 heavy (non-hydrogen) atoms. The molecule has 6 nitrogen and oxygen atoms in total. The molecule has 0 unspecified atom stereocenters. The van der Waals surface area contributed by atoms with Crippen LogP contribution >= 0.6 is 11.3 Å². The van der Waals surface area contributed by atoms with Crippen molar-refractivity contribution in [3.8, 4) is 0 Å². The van der Waals surface area contributed by atoms with E-state index in [4.69, 9.17) is 0 Å². The predicted molar refractivity (Wildman–Crippen MR) is 111 cm³/mol. The summed E-state index contributed by atoms with van der Waals surface area (Å²) in [7, 11) is 0. The first-order chi connectivity index (χ1) is 13.9. The summed E-state index contributed by atoms with van der Waals surface area (Å²) in [6, 6.07) is 11.6. The molecule has 1 N–H and O–H groups in total. The van der Waals surface area contributed by atoms with Gasteiger partial charge in [-0.1, -0.05) is 0 Å². The maximum atomic E-state index is 14.0. The Balaban J connectivity index is 1.48. The number of anilines is 2. The van der Waals surface area contributed by atoms with Gasteiger partial charge >= 0.3 is 0 Å². The van der Waals surface area contributed by atoms with Gasteiger partial charge in [0.15, 0.2) is 0 Å². The van der Waals surface area contributed by atoms with E-state index in [9.17, 15) is 19.3 Å². The van der Waals surface area contributed by atoms with E-state index in [0.717, 1.165) is 37.3 Å². The van der Waals surface area contributed by atoms with E-state index in [1.807, 2.05) is 12.1 Å². The summed E-state index contributed by atoms with van der Waals surface area (Å²) in [6.07, 6.45) is 1.02. The van der Waals surface area contributed by atoms with Gasteiger partial charge in [-0.05, 0) is 60.7 Å². The van der Waals surface area contributed by atoms with Crippen molar-refractivity contribution < 1.29 is 14.1 Å². The lowest BCUT2D eigenvalue weighted by Crippen LogP contribution is -2.29. The van der Waals surface area contributed by atoms with Crippen LogP contribution in [-0.4, -0.2) is 17.4 Å². The zero-order valence-corrected chi connectivity index (χ0v) is 16.5. The summed E-state index contributed by atoms with van der Waals surface area (Å²) in [5.74, 6) is -1.38. The number of hydrogen-bond donors (Lipinski definition) is 1. The van der Waals surface area contributed by atoms with Gasteiger partial charge in [0.1, 0.15) is 5.82 Å². The van der Waals surface area contributed by atoms with E-state index < -0.39 is 22.3 Å². The van der Waals surface area contributed by atoms with Crippen molar-refractivity contribution in [1.29, 1.82) is 0 Å². The number of fused-ring (bicyclic) bond motifs is 1. The number of halogens is 1. The van der Waals surface area contributed by atoms with Gasteiger partial charge in [-0.25, -0.2) is 4.39 Å². The molecular formula is C21H18FN3O3S. The quantitative estimate of drug-likeness (QED) is 0.488. The Morgan fingerprint density at radius 1 is 1.24 bits per heavy atom. The van der Waals surface area contributed by atoms with Crippen LogP contribution in [0.5, 0.6) is 0 Å². The molecule has 0 spiro atoms. The van der Waals surface area contributed by atoms with Gasteiger partial charge in [-0.2, -0.15) is 0 Å². The Morgan fingerprint density at radius 3 is 2.72 bits per heavy atom. The van der Waals surface area contributed by atoms with Crippen molar-refractivity contribution in [2.24, 2.45) is 0 Å². The molecule has 148 valence electrons. The summed E-state index contributed by atoms with van der Waals surface area (Å²) < 4.78 is 14.0. The fraction of sp³-hybridized carbons (Fsp3) is 0.190. The SMILES string of the molecule is Cc1c(F)cc(C(=O)Nc2ccc(N3CCc4sccc4C3)cc2)cc1[N+](=O)[O-]. The van der Waals surface area contributed by atoms with Crippen molar-refractivity contribution >= 4 is 34.3 Å². The Bertz CT molecular complexity index is 1100. The first kappa shape index (κ1) is 19.1. The van der Waals surface area contributed by atoms with Gasteiger partial charge in [-0.3, -0.25) is 14.9 Å². The largest absolute Gasteiger partial charge is 0.367 e. The van der Waals surface area contributed by atoms with Crippen LogP contribution in [0.15, 0.2) is 47.8 Å². The zero-order valence-electron chi connectivity index (χ0n) is 15.6. The lowest BCUT2D eigenvalue weighted by Gasteiger charge is -2.29. The van der Waals surface area contributed by atoms with E-state index in [1.54, 1.807) is 23.5 Å². The van der Waals surface area contributed by atoms with Crippen LogP contribution in [0.25, 0.3) is 0 Å². The summed E-state index contributed by atoms with van der Waals surface area (Å²) >= 11 is 1.79. The van der Waals surface area contributed by atoms with E-state index in [1.165, 1.54) is 17.4 Å². The number of hydrogen-bond acceptors (Lipinski definition) is 5. The molecule has 1 amide bonds. The van der Waals surface area contributed by atoms with Gasteiger partial charge in [0, 0.05) is 41.0 Å². The lowest BCUT2D eigenvalue weighted by atomic mass is 10.1. The molecule has 8 heteroatoms. The van der Waals surface area contributed by atoms with Crippen molar-refractivity contribution in [3.05, 3.63) is 85.3 Å². The van der Waals surface area contributed by atoms with Crippen LogP contribution in [0.1, 0.15) is 26.4 Å². The van der Waals surface area contributed by atoms with Crippen LogP contribution in [0.2, 0.25) is 0 Å². The topological polar surface area (TPSA) is 75.5 Å². The van der Waals surface area contributed by atoms with E-state index >= 15 is 0 Å². The molecule has 1 aliphatic rings. The number of rotatable bonds is 4. The Kier molecular flexibility index (Phi) is 5.02. The number of amides is 1. The molecule has 0 fully saturated rings. The molecule has 3 aromatic rings. The number of nitro groups is 1. The second-order valence-corrected chi connectivity index (χ2v) is 7.90. The summed E-state index contributed by atoms with van der Waals surface area (Å²) in [5.41, 5.74) is 2.34. The molecule has 0 atom stereocenters. The van der Waals surface area contributed by atoms with Crippen molar-refractivity contribution in [2.75, 3.05) is 16.8 Å². The minimum atomic E-state index is -0.780. The van der Waals surface area contributed by atoms with Gasteiger partial charge in [0.2, 0.25) is 0 Å². The number of nitrogens with one attached hydrogen (secondary N) is 1. The minimum absolute atomic E-state index is 0.0915. The molecule has 0 radical (unpaired) electrons. The average molecular weight is 411 g/mol. The van der Waals surface area contributed by atoms with Gasteiger partial charge in [-0.15, -0.1) is 11.3 Å². The Labute approximate surface area is 170 Å². The van der Waals surface area contributed by atoms with Crippen molar-refractivity contribution in [3.63, 3.8) is 0 Å². The highest BCUT2D eigenvalue weighted by molar-refractivity contribution is 7.10.